The van der Waals surface area contributed by atoms with Gasteiger partial charge in [-0.1, -0.05) is 6.92 Å². The first-order valence-corrected chi connectivity index (χ1v) is 5.62. The van der Waals surface area contributed by atoms with Crippen LogP contribution in [0.3, 0.4) is 0 Å². The maximum absolute atomic E-state index is 10.5. The highest BCUT2D eigenvalue weighted by atomic mass is 16.4. The van der Waals surface area contributed by atoms with Gasteiger partial charge in [0.15, 0.2) is 0 Å². The van der Waals surface area contributed by atoms with Crippen molar-refractivity contribution in [3.05, 3.63) is 6.20 Å². The second kappa shape index (κ2) is 5.56. The molecule has 17 heavy (non-hydrogen) atoms. The Labute approximate surface area is 101 Å². The van der Waals surface area contributed by atoms with Gasteiger partial charge in [0.1, 0.15) is 5.82 Å². The molecule has 0 amide bonds. The number of aryl methyl sites for hydroxylation is 1. The number of carboxylic acid groups (broad SMARTS) is 1. The highest BCUT2D eigenvalue weighted by molar-refractivity contribution is 5.66. The number of hydrogen-bond acceptors (Lipinski definition) is 4. The van der Waals surface area contributed by atoms with Crippen LogP contribution in [-0.2, 0) is 11.3 Å². The molecule has 0 aliphatic carbocycles. The van der Waals surface area contributed by atoms with E-state index in [0.29, 0.717) is 12.2 Å². The smallest absolute Gasteiger partial charge is 0.303 e. The van der Waals surface area contributed by atoms with Crippen LogP contribution in [0.2, 0.25) is 0 Å². The number of nitrogen functional groups attached to an aromatic ring is 1. The number of nitrogens with zero attached hydrogens (tertiary/aromatic N) is 3. The fourth-order valence-corrected chi connectivity index (χ4v) is 1.79. The Balaban J connectivity index is 2.60. The zero-order valence-electron chi connectivity index (χ0n) is 10.6. The number of carboxylic acids is 1. The summed E-state index contributed by atoms with van der Waals surface area (Å²) in [6.07, 6.45) is 2.58. The number of rotatable bonds is 6. The topological polar surface area (TPSA) is 84.4 Å². The van der Waals surface area contributed by atoms with Crippen molar-refractivity contribution in [3.8, 4) is 0 Å². The van der Waals surface area contributed by atoms with Crippen LogP contribution < -0.4 is 10.6 Å². The highest BCUT2D eigenvalue weighted by Gasteiger charge is 2.12. The minimum Gasteiger partial charge on any atom is -0.481 e. The second-order valence-corrected chi connectivity index (χ2v) is 4.53. The molecule has 0 aliphatic heterocycles. The molecule has 1 unspecified atom stereocenters. The van der Waals surface area contributed by atoms with Gasteiger partial charge in [0, 0.05) is 27.1 Å². The Morgan fingerprint density at radius 1 is 1.65 bits per heavy atom. The number of hydrogen-bond donors (Lipinski definition) is 2. The zero-order chi connectivity index (χ0) is 13.0. The first-order chi connectivity index (χ1) is 7.91. The molecule has 1 aromatic heterocycles. The standard InChI is InChI=1S/C11H20N4O2/c1-8(6-10(16)17)4-5-15-11(14(2)3)9(12)7-13-15/h7-8H,4-6,12H2,1-3H3,(H,16,17). The largest absolute Gasteiger partial charge is 0.481 e. The van der Waals surface area contributed by atoms with E-state index in [9.17, 15) is 4.79 Å². The Kier molecular flexibility index (Phi) is 4.37. The predicted octanol–water partition coefficient (Wildman–Crippen LogP) is 1.03. The van der Waals surface area contributed by atoms with Crippen molar-refractivity contribution in [2.45, 2.75) is 26.3 Å². The van der Waals surface area contributed by atoms with Crippen molar-refractivity contribution in [2.24, 2.45) is 5.92 Å². The van der Waals surface area contributed by atoms with Crippen LogP contribution >= 0.6 is 0 Å². The van der Waals surface area contributed by atoms with Gasteiger partial charge < -0.3 is 15.7 Å². The molecule has 0 spiro atoms. The molecule has 0 bridgehead atoms. The minimum absolute atomic E-state index is 0.132. The monoisotopic (exact) mass is 240 g/mol. The highest BCUT2D eigenvalue weighted by Crippen LogP contribution is 2.21. The molecule has 0 aliphatic rings. The summed E-state index contributed by atoms with van der Waals surface area (Å²) in [5, 5.41) is 12.9. The number of aromatic nitrogens is 2. The van der Waals surface area contributed by atoms with Gasteiger partial charge in [-0.05, 0) is 12.3 Å². The van der Waals surface area contributed by atoms with E-state index in [1.54, 1.807) is 6.20 Å². The number of carbonyl (C=O) groups is 1. The summed E-state index contributed by atoms with van der Waals surface area (Å²) in [5.74, 6) is 0.241. The molecule has 6 nitrogen and oxygen atoms in total. The third kappa shape index (κ3) is 3.65. The average molecular weight is 240 g/mol. The molecule has 0 fully saturated rings. The van der Waals surface area contributed by atoms with Crippen molar-refractivity contribution in [3.63, 3.8) is 0 Å². The van der Waals surface area contributed by atoms with E-state index in [4.69, 9.17) is 10.8 Å². The molecule has 0 saturated heterocycles. The molecule has 6 heteroatoms. The van der Waals surface area contributed by atoms with Crippen molar-refractivity contribution in [1.82, 2.24) is 9.78 Å². The lowest BCUT2D eigenvalue weighted by molar-refractivity contribution is -0.138. The average Bonchev–Trinajstić information content (AvgIpc) is 2.55. The van der Waals surface area contributed by atoms with Crippen LogP contribution in [0.4, 0.5) is 11.5 Å². The van der Waals surface area contributed by atoms with Crippen LogP contribution in [-0.4, -0.2) is 35.0 Å². The molecular formula is C11H20N4O2. The SMILES string of the molecule is CC(CCn1ncc(N)c1N(C)C)CC(=O)O. The van der Waals surface area contributed by atoms with Crippen molar-refractivity contribution in [1.29, 1.82) is 0 Å². The summed E-state index contributed by atoms with van der Waals surface area (Å²) in [4.78, 5) is 12.5. The van der Waals surface area contributed by atoms with Crippen LogP contribution in [0.1, 0.15) is 19.8 Å². The maximum Gasteiger partial charge on any atom is 0.303 e. The molecule has 1 aromatic rings. The third-order valence-electron chi connectivity index (χ3n) is 2.62. The fourth-order valence-electron chi connectivity index (χ4n) is 1.79. The third-order valence-corrected chi connectivity index (χ3v) is 2.62. The van der Waals surface area contributed by atoms with Gasteiger partial charge in [-0.25, -0.2) is 4.68 Å². The van der Waals surface area contributed by atoms with Gasteiger partial charge in [0.2, 0.25) is 0 Å². The van der Waals surface area contributed by atoms with Gasteiger partial charge in [0.25, 0.3) is 0 Å². The first kappa shape index (κ1) is 13.3. The molecule has 1 heterocycles. The van der Waals surface area contributed by atoms with Gasteiger partial charge in [-0.3, -0.25) is 4.79 Å². The zero-order valence-corrected chi connectivity index (χ0v) is 10.6. The molecule has 1 rings (SSSR count). The summed E-state index contributed by atoms with van der Waals surface area (Å²) < 4.78 is 1.81. The molecule has 96 valence electrons. The van der Waals surface area contributed by atoms with Crippen molar-refractivity contribution < 1.29 is 9.90 Å². The van der Waals surface area contributed by atoms with Crippen molar-refractivity contribution in [2.75, 3.05) is 24.7 Å². The lowest BCUT2D eigenvalue weighted by atomic mass is 10.0. The second-order valence-electron chi connectivity index (χ2n) is 4.53. The van der Waals surface area contributed by atoms with E-state index in [1.807, 2.05) is 30.6 Å². The van der Waals surface area contributed by atoms with E-state index < -0.39 is 5.97 Å². The quantitative estimate of drug-likeness (QED) is 0.776. The van der Waals surface area contributed by atoms with E-state index in [0.717, 1.165) is 12.2 Å². The minimum atomic E-state index is -0.759. The van der Waals surface area contributed by atoms with Crippen LogP contribution in [0.5, 0.6) is 0 Å². The fraction of sp³-hybridized carbons (Fsp3) is 0.636. The Hall–Kier alpha value is -1.72. The maximum atomic E-state index is 10.5. The summed E-state index contributed by atoms with van der Waals surface area (Å²) in [6.45, 7) is 2.61. The van der Waals surface area contributed by atoms with Gasteiger partial charge in [-0.15, -0.1) is 0 Å². The summed E-state index contributed by atoms with van der Waals surface area (Å²) >= 11 is 0. The number of anilines is 2. The van der Waals surface area contributed by atoms with Gasteiger partial charge >= 0.3 is 5.97 Å². The van der Waals surface area contributed by atoms with E-state index >= 15 is 0 Å². The summed E-state index contributed by atoms with van der Waals surface area (Å²) in [5.41, 5.74) is 6.45. The molecule has 0 saturated carbocycles. The lowest BCUT2D eigenvalue weighted by Crippen LogP contribution is -2.17. The first-order valence-electron chi connectivity index (χ1n) is 5.62. The Bertz CT molecular complexity index is 387. The predicted molar refractivity (Wildman–Crippen MR) is 67.0 cm³/mol. The van der Waals surface area contributed by atoms with E-state index in [-0.39, 0.29) is 12.3 Å². The Morgan fingerprint density at radius 3 is 2.82 bits per heavy atom. The molecule has 0 radical (unpaired) electrons. The van der Waals surface area contributed by atoms with Crippen molar-refractivity contribution >= 4 is 17.5 Å². The molecule has 3 N–H and O–H groups in total. The normalized spacial score (nSPS) is 12.4. The number of aliphatic carboxylic acids is 1. The Morgan fingerprint density at radius 2 is 2.29 bits per heavy atom. The molecule has 1 atom stereocenters. The van der Waals surface area contributed by atoms with E-state index in [1.165, 1.54) is 0 Å². The van der Waals surface area contributed by atoms with Gasteiger partial charge in [0.05, 0.1) is 11.9 Å². The number of nitrogens with two attached hydrogens (primary N) is 1. The molecule has 0 aromatic carbocycles. The van der Waals surface area contributed by atoms with Crippen LogP contribution in [0, 0.1) is 5.92 Å². The molecular weight excluding hydrogens is 220 g/mol. The van der Waals surface area contributed by atoms with E-state index in [2.05, 4.69) is 5.10 Å². The van der Waals surface area contributed by atoms with Crippen LogP contribution in [0.15, 0.2) is 6.20 Å². The van der Waals surface area contributed by atoms with Crippen LogP contribution in [0.25, 0.3) is 0 Å². The van der Waals surface area contributed by atoms with Gasteiger partial charge in [-0.2, -0.15) is 5.10 Å². The summed E-state index contributed by atoms with van der Waals surface area (Å²) in [7, 11) is 3.81. The summed E-state index contributed by atoms with van der Waals surface area (Å²) in [6, 6.07) is 0. The lowest BCUT2D eigenvalue weighted by Gasteiger charge is -2.17.